The number of rotatable bonds is 10. The van der Waals surface area contributed by atoms with E-state index in [-0.39, 0.29) is 23.3 Å². The highest BCUT2D eigenvalue weighted by atomic mass is 32.2. The molecule has 4 rings (SSSR count). The van der Waals surface area contributed by atoms with Crippen molar-refractivity contribution >= 4 is 26.7 Å². The summed E-state index contributed by atoms with van der Waals surface area (Å²) in [5.41, 5.74) is 1.32. The molecule has 0 bridgehead atoms. The summed E-state index contributed by atoms with van der Waals surface area (Å²) in [6, 6.07) is 20.9. The van der Waals surface area contributed by atoms with Crippen molar-refractivity contribution in [2.45, 2.75) is 68.8 Å². The number of sulfonamides is 1. The Balaban J connectivity index is 1.65. The van der Waals surface area contributed by atoms with Gasteiger partial charge in [0.1, 0.15) is 6.04 Å². The zero-order chi connectivity index (χ0) is 25.5. The Morgan fingerprint density at radius 1 is 1.06 bits per heavy atom. The number of fused-ring (bicyclic) bond motifs is 1. The quantitative estimate of drug-likeness (QED) is 0.413. The maximum absolute atomic E-state index is 13.9. The van der Waals surface area contributed by atoms with Crippen molar-refractivity contribution in [2.75, 3.05) is 6.54 Å². The fourth-order valence-electron chi connectivity index (χ4n) is 4.94. The van der Waals surface area contributed by atoms with Gasteiger partial charge in [0.15, 0.2) is 0 Å². The lowest BCUT2D eigenvalue weighted by molar-refractivity contribution is -0.135. The van der Waals surface area contributed by atoms with Crippen LogP contribution in [0.15, 0.2) is 71.6 Å². The van der Waals surface area contributed by atoms with Gasteiger partial charge in [0, 0.05) is 12.6 Å². The van der Waals surface area contributed by atoms with E-state index in [1.165, 1.54) is 0 Å². The molecule has 1 saturated carbocycles. The second-order valence-corrected chi connectivity index (χ2v) is 11.2. The van der Waals surface area contributed by atoms with Crippen molar-refractivity contribution in [3.05, 3.63) is 77.9 Å². The Morgan fingerprint density at radius 2 is 1.75 bits per heavy atom. The van der Waals surface area contributed by atoms with Crippen LogP contribution in [-0.4, -0.2) is 37.9 Å². The molecular weight excluding hydrogens is 470 g/mol. The van der Waals surface area contributed by atoms with E-state index >= 15 is 0 Å². The third kappa shape index (κ3) is 6.13. The lowest BCUT2D eigenvalue weighted by atomic mass is 10.0. The van der Waals surface area contributed by atoms with E-state index in [4.69, 9.17) is 5.26 Å². The van der Waals surface area contributed by atoms with Crippen LogP contribution in [0.3, 0.4) is 0 Å². The molecule has 1 N–H and O–H groups in total. The summed E-state index contributed by atoms with van der Waals surface area (Å²) in [5, 5.41) is 10.9. The standard InChI is InChI=1S/C29H33N3O3S/c1-2-3-18-32(26-10-6-7-11-26)29(33)28(19-22-12-14-23(21-30)15-13-22)31-36(34,35)27-17-16-24-8-4-5-9-25(24)20-27/h4-5,8-9,12-17,20,26,28,31H,2-3,6-7,10-11,18-19H2,1H3/t28-/m0/s1. The van der Waals surface area contributed by atoms with Gasteiger partial charge in [-0.05, 0) is 66.3 Å². The molecule has 1 aliphatic rings. The molecule has 188 valence electrons. The van der Waals surface area contributed by atoms with E-state index in [1.54, 1.807) is 42.5 Å². The number of nitriles is 1. The minimum atomic E-state index is -3.96. The van der Waals surface area contributed by atoms with Gasteiger partial charge in [-0.25, -0.2) is 8.42 Å². The molecule has 0 aliphatic heterocycles. The SMILES string of the molecule is CCCCN(C(=O)[C@H](Cc1ccc(C#N)cc1)NS(=O)(=O)c1ccc2ccccc2c1)C1CCCC1. The van der Waals surface area contributed by atoms with Gasteiger partial charge in [-0.3, -0.25) is 4.79 Å². The third-order valence-corrected chi connectivity index (χ3v) is 8.42. The predicted molar refractivity (Wildman–Crippen MR) is 142 cm³/mol. The Kier molecular flexibility index (Phi) is 8.40. The normalized spacial score (nSPS) is 15.0. The van der Waals surface area contributed by atoms with Crippen molar-refractivity contribution in [2.24, 2.45) is 0 Å². The van der Waals surface area contributed by atoms with Gasteiger partial charge in [0.05, 0.1) is 16.5 Å². The molecule has 3 aromatic carbocycles. The number of carbonyl (C=O) groups is 1. The monoisotopic (exact) mass is 503 g/mol. The zero-order valence-corrected chi connectivity index (χ0v) is 21.5. The van der Waals surface area contributed by atoms with Gasteiger partial charge in [0.2, 0.25) is 15.9 Å². The first-order valence-electron chi connectivity index (χ1n) is 12.7. The largest absolute Gasteiger partial charge is 0.338 e. The first kappa shape index (κ1) is 25.9. The number of carbonyl (C=O) groups excluding carboxylic acids is 1. The highest BCUT2D eigenvalue weighted by Crippen LogP contribution is 2.26. The molecule has 3 aromatic rings. The highest BCUT2D eigenvalue weighted by Gasteiger charge is 2.34. The molecule has 1 amide bonds. The summed E-state index contributed by atoms with van der Waals surface area (Å²) in [6.07, 6.45) is 6.13. The van der Waals surface area contributed by atoms with Crippen molar-refractivity contribution in [3.63, 3.8) is 0 Å². The summed E-state index contributed by atoms with van der Waals surface area (Å²) in [7, 11) is -3.96. The third-order valence-electron chi connectivity index (χ3n) is 6.95. The molecular formula is C29H33N3O3S. The Bertz CT molecular complexity index is 1340. The van der Waals surface area contributed by atoms with E-state index in [2.05, 4.69) is 17.7 Å². The second kappa shape index (κ2) is 11.7. The van der Waals surface area contributed by atoms with Crippen molar-refractivity contribution in [1.82, 2.24) is 9.62 Å². The van der Waals surface area contributed by atoms with Gasteiger partial charge < -0.3 is 4.90 Å². The number of hydrogen-bond donors (Lipinski definition) is 1. The number of hydrogen-bond acceptors (Lipinski definition) is 4. The fourth-order valence-corrected chi connectivity index (χ4v) is 6.16. The average Bonchev–Trinajstić information content (AvgIpc) is 3.43. The highest BCUT2D eigenvalue weighted by molar-refractivity contribution is 7.89. The lowest BCUT2D eigenvalue weighted by Gasteiger charge is -2.33. The summed E-state index contributed by atoms with van der Waals surface area (Å²) < 4.78 is 29.8. The molecule has 36 heavy (non-hydrogen) atoms. The smallest absolute Gasteiger partial charge is 0.241 e. The summed E-state index contributed by atoms with van der Waals surface area (Å²) in [6.45, 7) is 2.72. The Morgan fingerprint density at radius 3 is 2.42 bits per heavy atom. The Hall–Kier alpha value is -3.21. The van der Waals surface area contributed by atoms with Crippen LogP contribution in [0.25, 0.3) is 10.8 Å². The number of nitrogens with one attached hydrogen (secondary N) is 1. The molecule has 0 aromatic heterocycles. The van der Waals surface area contributed by atoms with E-state index in [1.807, 2.05) is 29.2 Å². The Labute approximate surface area is 214 Å². The van der Waals surface area contributed by atoms with E-state index < -0.39 is 16.1 Å². The topological polar surface area (TPSA) is 90.3 Å². The molecule has 0 radical (unpaired) electrons. The molecule has 6 nitrogen and oxygen atoms in total. The first-order chi connectivity index (χ1) is 17.4. The minimum absolute atomic E-state index is 0.139. The molecule has 7 heteroatoms. The average molecular weight is 504 g/mol. The molecule has 0 unspecified atom stereocenters. The summed E-state index contributed by atoms with van der Waals surface area (Å²) >= 11 is 0. The van der Waals surface area contributed by atoms with E-state index in [9.17, 15) is 13.2 Å². The molecule has 1 atom stereocenters. The van der Waals surface area contributed by atoms with Crippen LogP contribution < -0.4 is 4.72 Å². The van der Waals surface area contributed by atoms with Crippen LogP contribution in [0.4, 0.5) is 0 Å². The second-order valence-electron chi connectivity index (χ2n) is 9.52. The van der Waals surface area contributed by atoms with Crippen LogP contribution in [0.5, 0.6) is 0 Å². The van der Waals surface area contributed by atoms with Gasteiger partial charge in [-0.2, -0.15) is 9.98 Å². The number of nitrogens with zero attached hydrogens (tertiary/aromatic N) is 2. The molecule has 0 heterocycles. The maximum atomic E-state index is 13.9. The fraction of sp³-hybridized carbons (Fsp3) is 0.379. The van der Waals surface area contributed by atoms with Crippen molar-refractivity contribution < 1.29 is 13.2 Å². The van der Waals surface area contributed by atoms with E-state index in [0.29, 0.717) is 12.1 Å². The molecule has 1 aliphatic carbocycles. The summed E-state index contributed by atoms with van der Waals surface area (Å²) in [4.78, 5) is 16.0. The van der Waals surface area contributed by atoms with Gasteiger partial charge >= 0.3 is 0 Å². The van der Waals surface area contributed by atoms with Crippen LogP contribution in [-0.2, 0) is 21.2 Å². The zero-order valence-electron chi connectivity index (χ0n) is 20.7. The number of amides is 1. The van der Waals surface area contributed by atoms with Crippen LogP contribution in [0.1, 0.15) is 56.6 Å². The number of unbranched alkanes of at least 4 members (excludes halogenated alkanes) is 1. The molecule has 0 saturated heterocycles. The van der Waals surface area contributed by atoms with Crippen LogP contribution in [0, 0.1) is 11.3 Å². The lowest BCUT2D eigenvalue weighted by Crippen LogP contribution is -2.52. The summed E-state index contributed by atoms with van der Waals surface area (Å²) in [5.74, 6) is -0.177. The minimum Gasteiger partial charge on any atom is -0.338 e. The van der Waals surface area contributed by atoms with Gasteiger partial charge in [0.25, 0.3) is 0 Å². The van der Waals surface area contributed by atoms with Crippen LogP contribution in [0.2, 0.25) is 0 Å². The van der Waals surface area contributed by atoms with E-state index in [0.717, 1.165) is 54.9 Å². The van der Waals surface area contributed by atoms with Crippen molar-refractivity contribution in [3.8, 4) is 6.07 Å². The van der Waals surface area contributed by atoms with Gasteiger partial charge in [-0.1, -0.05) is 68.7 Å². The maximum Gasteiger partial charge on any atom is 0.241 e. The number of benzene rings is 3. The predicted octanol–water partition coefficient (Wildman–Crippen LogP) is 5.17. The molecule has 1 fully saturated rings. The van der Waals surface area contributed by atoms with Gasteiger partial charge in [-0.15, -0.1) is 0 Å². The van der Waals surface area contributed by atoms with Crippen LogP contribution >= 0.6 is 0 Å². The van der Waals surface area contributed by atoms with Crippen molar-refractivity contribution in [1.29, 1.82) is 5.26 Å². The first-order valence-corrected chi connectivity index (χ1v) is 14.2. The molecule has 0 spiro atoms.